The lowest BCUT2D eigenvalue weighted by Gasteiger charge is -2.03. The van der Waals surface area contributed by atoms with Gasteiger partial charge in [0.15, 0.2) is 0 Å². The summed E-state index contributed by atoms with van der Waals surface area (Å²) < 4.78 is 2.00. The zero-order valence-corrected chi connectivity index (χ0v) is 12.9. The maximum Gasteiger partial charge on any atom is 0.0568 e. The molecular weight excluding hydrogens is 278 g/mol. The lowest BCUT2D eigenvalue weighted by atomic mass is 10.1. The average Bonchev–Trinajstić information content (AvgIpc) is 3.14. The summed E-state index contributed by atoms with van der Waals surface area (Å²) in [7, 11) is 0. The standard InChI is InChI=1S/C17H19N3S/c1-14-7-8-17(21-14)12-18-9-10-20-13-16(11-19-20)15-5-3-2-4-6-15/h2-8,11,13,18H,9-10,12H2,1H3. The number of aryl methyl sites for hydroxylation is 1. The Bertz CT molecular complexity index is 685. The molecule has 0 saturated heterocycles. The van der Waals surface area contributed by atoms with Crippen LogP contribution in [0.1, 0.15) is 9.75 Å². The number of nitrogens with zero attached hydrogens (tertiary/aromatic N) is 2. The van der Waals surface area contributed by atoms with Crippen molar-refractivity contribution in [3.63, 3.8) is 0 Å². The van der Waals surface area contributed by atoms with Gasteiger partial charge in [-0.1, -0.05) is 30.3 Å². The molecule has 108 valence electrons. The lowest BCUT2D eigenvalue weighted by Crippen LogP contribution is -2.19. The fourth-order valence-corrected chi connectivity index (χ4v) is 3.11. The molecule has 0 aliphatic heterocycles. The number of rotatable bonds is 6. The van der Waals surface area contributed by atoms with Crippen LogP contribution >= 0.6 is 11.3 Å². The van der Waals surface area contributed by atoms with Gasteiger partial charge < -0.3 is 5.32 Å². The predicted octanol–water partition coefficient (Wildman–Crippen LogP) is 3.71. The molecule has 1 N–H and O–H groups in total. The molecule has 0 aliphatic rings. The number of aromatic nitrogens is 2. The molecule has 2 aromatic heterocycles. The molecule has 4 heteroatoms. The Morgan fingerprint density at radius 2 is 1.95 bits per heavy atom. The molecule has 3 rings (SSSR count). The first-order valence-electron chi connectivity index (χ1n) is 7.15. The Hall–Kier alpha value is -1.91. The zero-order chi connectivity index (χ0) is 14.5. The molecule has 0 unspecified atom stereocenters. The molecule has 0 saturated carbocycles. The SMILES string of the molecule is Cc1ccc(CNCCn2cc(-c3ccccc3)cn2)s1. The summed E-state index contributed by atoms with van der Waals surface area (Å²) in [6.45, 7) is 4.89. The highest BCUT2D eigenvalue weighted by Gasteiger charge is 2.01. The van der Waals surface area contributed by atoms with Crippen LogP contribution < -0.4 is 5.32 Å². The minimum Gasteiger partial charge on any atom is -0.310 e. The molecule has 21 heavy (non-hydrogen) atoms. The predicted molar refractivity (Wildman–Crippen MR) is 88.4 cm³/mol. The first-order chi connectivity index (χ1) is 10.3. The Morgan fingerprint density at radius 1 is 1.10 bits per heavy atom. The summed E-state index contributed by atoms with van der Waals surface area (Å²) in [6.07, 6.45) is 4.03. The third-order valence-electron chi connectivity index (χ3n) is 3.35. The Morgan fingerprint density at radius 3 is 2.71 bits per heavy atom. The number of hydrogen-bond donors (Lipinski definition) is 1. The molecule has 1 aromatic carbocycles. The molecule has 0 fully saturated rings. The van der Waals surface area contributed by atoms with Gasteiger partial charge in [-0.15, -0.1) is 11.3 Å². The van der Waals surface area contributed by atoms with Crippen molar-refractivity contribution in [3.8, 4) is 11.1 Å². The van der Waals surface area contributed by atoms with Crippen LogP contribution in [0, 0.1) is 6.92 Å². The molecule has 0 radical (unpaired) electrons. The van der Waals surface area contributed by atoms with E-state index in [1.54, 1.807) is 0 Å². The van der Waals surface area contributed by atoms with E-state index in [9.17, 15) is 0 Å². The number of thiophene rings is 1. The first kappa shape index (κ1) is 14.0. The van der Waals surface area contributed by atoms with Crippen molar-refractivity contribution in [2.45, 2.75) is 20.0 Å². The van der Waals surface area contributed by atoms with E-state index >= 15 is 0 Å². The number of benzene rings is 1. The van der Waals surface area contributed by atoms with Gasteiger partial charge in [0.1, 0.15) is 0 Å². The normalized spacial score (nSPS) is 10.9. The van der Waals surface area contributed by atoms with Gasteiger partial charge in [0.25, 0.3) is 0 Å². The second kappa shape index (κ2) is 6.70. The van der Waals surface area contributed by atoms with Crippen molar-refractivity contribution in [2.75, 3.05) is 6.54 Å². The van der Waals surface area contributed by atoms with E-state index in [4.69, 9.17) is 0 Å². The van der Waals surface area contributed by atoms with E-state index in [0.717, 1.165) is 19.6 Å². The summed E-state index contributed by atoms with van der Waals surface area (Å²) in [5.41, 5.74) is 2.38. The third-order valence-corrected chi connectivity index (χ3v) is 4.35. The highest BCUT2D eigenvalue weighted by Crippen LogP contribution is 2.17. The smallest absolute Gasteiger partial charge is 0.0568 e. The van der Waals surface area contributed by atoms with Crippen molar-refractivity contribution < 1.29 is 0 Å². The van der Waals surface area contributed by atoms with Crippen LogP contribution in [0.5, 0.6) is 0 Å². The largest absolute Gasteiger partial charge is 0.310 e. The molecule has 0 aliphatic carbocycles. The van der Waals surface area contributed by atoms with Gasteiger partial charge >= 0.3 is 0 Å². The van der Waals surface area contributed by atoms with E-state index in [1.165, 1.54) is 20.9 Å². The van der Waals surface area contributed by atoms with Gasteiger partial charge in [0, 0.05) is 34.6 Å². The van der Waals surface area contributed by atoms with Crippen molar-refractivity contribution in [3.05, 3.63) is 64.6 Å². The van der Waals surface area contributed by atoms with Gasteiger partial charge in [-0.05, 0) is 24.6 Å². The lowest BCUT2D eigenvalue weighted by molar-refractivity contribution is 0.557. The highest BCUT2D eigenvalue weighted by atomic mass is 32.1. The van der Waals surface area contributed by atoms with Gasteiger partial charge in [-0.25, -0.2) is 0 Å². The topological polar surface area (TPSA) is 29.9 Å². The van der Waals surface area contributed by atoms with Crippen molar-refractivity contribution in [2.24, 2.45) is 0 Å². The summed E-state index contributed by atoms with van der Waals surface area (Å²) in [6, 6.07) is 14.7. The minimum absolute atomic E-state index is 0.886. The van der Waals surface area contributed by atoms with Crippen LogP contribution in [-0.4, -0.2) is 16.3 Å². The number of hydrogen-bond acceptors (Lipinski definition) is 3. The molecule has 2 heterocycles. The highest BCUT2D eigenvalue weighted by molar-refractivity contribution is 7.11. The van der Waals surface area contributed by atoms with E-state index in [-0.39, 0.29) is 0 Å². The van der Waals surface area contributed by atoms with E-state index in [1.807, 2.05) is 28.3 Å². The minimum atomic E-state index is 0.886. The summed E-state index contributed by atoms with van der Waals surface area (Å²) in [5, 5.41) is 7.88. The van der Waals surface area contributed by atoms with Gasteiger partial charge in [0.2, 0.25) is 0 Å². The van der Waals surface area contributed by atoms with Crippen LogP contribution in [0.15, 0.2) is 54.9 Å². The second-order valence-electron chi connectivity index (χ2n) is 5.05. The summed E-state index contributed by atoms with van der Waals surface area (Å²) in [4.78, 5) is 2.75. The Kier molecular flexibility index (Phi) is 4.48. The van der Waals surface area contributed by atoms with E-state index in [2.05, 4.69) is 59.9 Å². The van der Waals surface area contributed by atoms with Crippen LogP contribution in [-0.2, 0) is 13.1 Å². The maximum atomic E-state index is 4.42. The zero-order valence-electron chi connectivity index (χ0n) is 12.1. The fourth-order valence-electron chi connectivity index (χ4n) is 2.25. The molecular formula is C17H19N3S. The second-order valence-corrected chi connectivity index (χ2v) is 6.42. The molecule has 3 nitrogen and oxygen atoms in total. The summed E-state index contributed by atoms with van der Waals surface area (Å²) in [5.74, 6) is 0. The molecule has 0 atom stereocenters. The fraction of sp³-hybridized carbons (Fsp3) is 0.235. The van der Waals surface area contributed by atoms with Crippen LogP contribution in [0.2, 0.25) is 0 Å². The van der Waals surface area contributed by atoms with Crippen LogP contribution in [0.4, 0.5) is 0 Å². The molecule has 0 spiro atoms. The van der Waals surface area contributed by atoms with Crippen LogP contribution in [0.3, 0.4) is 0 Å². The number of nitrogens with one attached hydrogen (secondary N) is 1. The van der Waals surface area contributed by atoms with Gasteiger partial charge in [-0.3, -0.25) is 4.68 Å². The van der Waals surface area contributed by atoms with Gasteiger partial charge in [-0.2, -0.15) is 5.10 Å². The van der Waals surface area contributed by atoms with Crippen molar-refractivity contribution >= 4 is 11.3 Å². The van der Waals surface area contributed by atoms with Crippen molar-refractivity contribution in [1.29, 1.82) is 0 Å². The maximum absolute atomic E-state index is 4.42. The van der Waals surface area contributed by atoms with E-state index in [0.29, 0.717) is 0 Å². The third kappa shape index (κ3) is 3.80. The van der Waals surface area contributed by atoms with E-state index < -0.39 is 0 Å². The quantitative estimate of drug-likeness (QED) is 0.703. The molecule has 0 amide bonds. The Balaban J connectivity index is 1.49. The molecule has 0 bridgehead atoms. The van der Waals surface area contributed by atoms with Crippen LogP contribution in [0.25, 0.3) is 11.1 Å². The average molecular weight is 297 g/mol. The monoisotopic (exact) mass is 297 g/mol. The van der Waals surface area contributed by atoms with Gasteiger partial charge in [0.05, 0.1) is 12.7 Å². The Labute approximate surface area is 129 Å². The molecule has 3 aromatic rings. The van der Waals surface area contributed by atoms with Crippen molar-refractivity contribution in [1.82, 2.24) is 15.1 Å². The first-order valence-corrected chi connectivity index (χ1v) is 7.97. The summed E-state index contributed by atoms with van der Waals surface area (Å²) >= 11 is 1.85.